The molecule has 164 valence electrons. The molecule has 2 amide bonds. The highest BCUT2D eigenvalue weighted by atomic mass is 35.5. The van der Waals surface area contributed by atoms with Crippen LogP contribution in [0.3, 0.4) is 0 Å². The molecule has 10 heteroatoms. The Balaban J connectivity index is 2.22. The van der Waals surface area contributed by atoms with Crippen molar-refractivity contribution in [2.45, 2.75) is 61.3 Å². The SMILES string of the molecule is CC(CC(=O)N(C)C(CC(C)C(Cl)Cl)C(=O)N1CCCC1c1nccs1)C(Cl)Cl. The lowest BCUT2D eigenvalue weighted by Gasteiger charge is -2.35. The monoisotopic (exact) mass is 501 g/mol. The lowest BCUT2D eigenvalue weighted by molar-refractivity contribution is -0.146. The molecule has 0 N–H and O–H groups in total. The van der Waals surface area contributed by atoms with E-state index in [0.29, 0.717) is 13.0 Å². The molecule has 0 aromatic carbocycles. The van der Waals surface area contributed by atoms with Crippen molar-refractivity contribution >= 4 is 69.6 Å². The summed E-state index contributed by atoms with van der Waals surface area (Å²) >= 11 is 25.4. The number of hydrogen-bond acceptors (Lipinski definition) is 4. The topological polar surface area (TPSA) is 53.5 Å². The largest absolute Gasteiger partial charge is 0.334 e. The highest BCUT2D eigenvalue weighted by Gasteiger charge is 2.39. The van der Waals surface area contributed by atoms with Crippen molar-refractivity contribution in [3.63, 3.8) is 0 Å². The molecule has 2 heterocycles. The number of halogens is 4. The van der Waals surface area contributed by atoms with E-state index >= 15 is 0 Å². The zero-order valence-corrected chi connectivity index (χ0v) is 20.6. The standard InChI is InChI=1S/C19H27Cl4N3O2S/c1-11(16(20)21)9-14(25(3)15(27)10-12(2)17(22)23)19(28)26-7-4-5-13(26)18-24-6-8-29-18/h6,8,11-14,16-17H,4-5,7,9-10H2,1-3H3. The van der Waals surface area contributed by atoms with Gasteiger partial charge >= 0.3 is 0 Å². The normalized spacial score (nSPS) is 20.2. The molecule has 0 radical (unpaired) electrons. The summed E-state index contributed by atoms with van der Waals surface area (Å²) in [5, 5.41) is 2.83. The van der Waals surface area contributed by atoms with Crippen LogP contribution in [-0.4, -0.2) is 55.9 Å². The van der Waals surface area contributed by atoms with Gasteiger partial charge in [0.05, 0.1) is 6.04 Å². The van der Waals surface area contributed by atoms with Crippen molar-refractivity contribution in [3.8, 4) is 0 Å². The summed E-state index contributed by atoms with van der Waals surface area (Å²) in [6.45, 7) is 4.33. The molecule has 1 aromatic heterocycles. The smallest absolute Gasteiger partial charge is 0.245 e. The Morgan fingerprint density at radius 3 is 2.45 bits per heavy atom. The number of carbonyl (C=O) groups excluding carboxylic acids is 2. The van der Waals surface area contributed by atoms with Crippen LogP contribution in [0.1, 0.15) is 50.6 Å². The predicted molar refractivity (Wildman–Crippen MR) is 121 cm³/mol. The van der Waals surface area contributed by atoms with E-state index in [4.69, 9.17) is 46.4 Å². The van der Waals surface area contributed by atoms with Crippen LogP contribution in [0.25, 0.3) is 0 Å². The maximum absolute atomic E-state index is 13.5. The van der Waals surface area contributed by atoms with Crippen LogP contribution in [-0.2, 0) is 9.59 Å². The van der Waals surface area contributed by atoms with Gasteiger partial charge in [0, 0.05) is 31.6 Å². The van der Waals surface area contributed by atoms with Crippen LogP contribution >= 0.6 is 57.7 Å². The Bertz CT molecular complexity index is 674. The van der Waals surface area contributed by atoms with Gasteiger partial charge in [-0.15, -0.1) is 57.7 Å². The van der Waals surface area contributed by atoms with Crippen LogP contribution in [0, 0.1) is 11.8 Å². The number of nitrogens with zero attached hydrogens (tertiary/aromatic N) is 3. The van der Waals surface area contributed by atoms with Crippen LogP contribution in [0.5, 0.6) is 0 Å². The summed E-state index contributed by atoms with van der Waals surface area (Å²) in [6.07, 6.45) is 4.05. The van der Waals surface area contributed by atoms with Gasteiger partial charge in [0.2, 0.25) is 11.8 Å². The Hall–Kier alpha value is -0.270. The van der Waals surface area contributed by atoms with E-state index in [1.807, 2.05) is 24.1 Å². The van der Waals surface area contributed by atoms with Crippen molar-refractivity contribution in [1.29, 1.82) is 0 Å². The third-order valence-corrected chi connectivity index (χ3v) is 7.97. The quantitative estimate of drug-likeness (QED) is 0.431. The fourth-order valence-corrected chi connectivity index (χ4v) is 4.61. The molecule has 1 aromatic rings. The minimum Gasteiger partial charge on any atom is -0.334 e. The first-order chi connectivity index (χ1) is 13.6. The van der Waals surface area contributed by atoms with Gasteiger partial charge in [-0.25, -0.2) is 4.98 Å². The van der Waals surface area contributed by atoms with E-state index in [1.54, 1.807) is 24.6 Å². The third kappa shape index (κ3) is 6.60. The van der Waals surface area contributed by atoms with Gasteiger partial charge in [-0.3, -0.25) is 9.59 Å². The molecule has 1 aliphatic rings. The number of aromatic nitrogens is 1. The first-order valence-electron chi connectivity index (χ1n) is 9.65. The maximum atomic E-state index is 13.5. The maximum Gasteiger partial charge on any atom is 0.245 e. The van der Waals surface area contributed by atoms with Gasteiger partial charge in [-0.2, -0.15) is 0 Å². The molecule has 29 heavy (non-hydrogen) atoms. The third-order valence-electron chi connectivity index (χ3n) is 5.37. The number of hydrogen-bond donors (Lipinski definition) is 0. The minimum atomic E-state index is -0.658. The Kier molecular flexibility index (Phi) is 9.81. The number of likely N-dealkylation sites (tertiary alicyclic amines) is 1. The summed E-state index contributed by atoms with van der Waals surface area (Å²) in [6, 6.07) is -0.713. The van der Waals surface area contributed by atoms with Gasteiger partial charge in [-0.1, -0.05) is 13.8 Å². The number of amides is 2. The minimum absolute atomic E-state index is 0.0550. The summed E-state index contributed by atoms with van der Waals surface area (Å²) in [5.74, 6) is -0.653. The summed E-state index contributed by atoms with van der Waals surface area (Å²) < 4.78 is 0. The second-order valence-corrected chi connectivity index (χ2v) is 10.9. The van der Waals surface area contributed by atoms with E-state index < -0.39 is 15.7 Å². The number of carbonyl (C=O) groups is 2. The first-order valence-corrected chi connectivity index (χ1v) is 12.3. The Morgan fingerprint density at radius 2 is 1.90 bits per heavy atom. The number of rotatable bonds is 9. The van der Waals surface area contributed by atoms with Crippen molar-refractivity contribution in [1.82, 2.24) is 14.8 Å². The summed E-state index contributed by atoms with van der Waals surface area (Å²) in [7, 11) is 1.65. The van der Waals surface area contributed by atoms with Gasteiger partial charge < -0.3 is 9.80 Å². The fraction of sp³-hybridized carbons (Fsp3) is 0.737. The molecule has 1 fully saturated rings. The molecule has 4 unspecified atom stereocenters. The second kappa shape index (κ2) is 11.4. The Labute approximate surface area is 196 Å². The zero-order valence-electron chi connectivity index (χ0n) is 16.7. The molecule has 0 aliphatic carbocycles. The average molecular weight is 503 g/mol. The second-order valence-electron chi connectivity index (χ2n) is 7.64. The summed E-state index contributed by atoms with van der Waals surface area (Å²) in [5.41, 5.74) is 0. The van der Waals surface area contributed by atoms with Crippen LogP contribution in [0.15, 0.2) is 11.6 Å². The molecule has 0 saturated carbocycles. The number of alkyl halides is 4. The molecule has 2 rings (SSSR count). The molecular weight excluding hydrogens is 476 g/mol. The fourth-order valence-electron chi connectivity index (χ4n) is 3.44. The van der Waals surface area contributed by atoms with Crippen LogP contribution < -0.4 is 0 Å². The van der Waals surface area contributed by atoms with Crippen molar-refractivity contribution in [2.24, 2.45) is 11.8 Å². The molecule has 4 atom stereocenters. The number of likely N-dealkylation sites (N-methyl/N-ethyl adjacent to an activating group) is 1. The lowest BCUT2D eigenvalue weighted by atomic mass is 9.99. The van der Waals surface area contributed by atoms with E-state index in [9.17, 15) is 9.59 Å². The highest BCUT2D eigenvalue weighted by molar-refractivity contribution is 7.09. The van der Waals surface area contributed by atoms with E-state index in [0.717, 1.165) is 17.8 Å². The van der Waals surface area contributed by atoms with Crippen molar-refractivity contribution in [2.75, 3.05) is 13.6 Å². The number of thiazole rings is 1. The summed E-state index contributed by atoms with van der Waals surface area (Å²) in [4.78, 5) is 32.8. The lowest BCUT2D eigenvalue weighted by Crippen LogP contribution is -2.50. The first kappa shape index (κ1) is 25.0. The molecule has 0 bridgehead atoms. The van der Waals surface area contributed by atoms with Crippen molar-refractivity contribution < 1.29 is 9.59 Å². The van der Waals surface area contributed by atoms with Gasteiger partial charge in [0.25, 0.3) is 0 Å². The molecule has 1 aliphatic heterocycles. The highest BCUT2D eigenvalue weighted by Crippen LogP contribution is 2.35. The molecule has 1 saturated heterocycles. The van der Waals surface area contributed by atoms with E-state index in [-0.39, 0.29) is 36.1 Å². The van der Waals surface area contributed by atoms with Crippen LogP contribution in [0.2, 0.25) is 0 Å². The predicted octanol–water partition coefficient (Wildman–Crippen LogP) is 5.29. The van der Waals surface area contributed by atoms with E-state index in [2.05, 4.69) is 4.98 Å². The molecule has 5 nitrogen and oxygen atoms in total. The van der Waals surface area contributed by atoms with Crippen molar-refractivity contribution in [3.05, 3.63) is 16.6 Å². The molecule has 0 spiro atoms. The average Bonchev–Trinajstić information content (AvgIpc) is 3.35. The van der Waals surface area contributed by atoms with Gasteiger partial charge in [0.1, 0.15) is 20.7 Å². The Morgan fingerprint density at radius 1 is 1.24 bits per heavy atom. The van der Waals surface area contributed by atoms with Gasteiger partial charge in [-0.05, 0) is 31.1 Å². The van der Waals surface area contributed by atoms with Crippen LogP contribution in [0.4, 0.5) is 0 Å². The zero-order chi connectivity index (χ0) is 21.7. The van der Waals surface area contributed by atoms with Gasteiger partial charge in [0.15, 0.2) is 0 Å². The van der Waals surface area contributed by atoms with E-state index in [1.165, 1.54) is 4.90 Å². The molecular formula is C19H27Cl4N3O2S.